The molecule has 1 unspecified atom stereocenters. The second-order valence-corrected chi connectivity index (χ2v) is 5.73. The van der Waals surface area contributed by atoms with E-state index in [1.54, 1.807) is 0 Å². The largest absolute Gasteiger partial charge is 0.339 e. The second kappa shape index (κ2) is 8.15. The molecule has 0 radical (unpaired) electrons. The molecule has 0 spiro atoms. The van der Waals surface area contributed by atoms with E-state index in [4.69, 9.17) is 21.9 Å². The van der Waals surface area contributed by atoms with E-state index in [-0.39, 0.29) is 0 Å². The monoisotopic (exact) mass is 307 g/mol. The predicted molar refractivity (Wildman–Crippen MR) is 84.3 cm³/mol. The topological polar surface area (TPSA) is 64.9 Å². The summed E-state index contributed by atoms with van der Waals surface area (Å²) in [5, 5.41) is 4.77. The van der Waals surface area contributed by atoms with Gasteiger partial charge in [-0.1, -0.05) is 42.2 Å². The van der Waals surface area contributed by atoms with Crippen LogP contribution in [0.3, 0.4) is 0 Å². The fraction of sp³-hybridized carbons (Fsp3) is 0.500. The van der Waals surface area contributed by atoms with Gasteiger partial charge in [0.25, 0.3) is 0 Å². The van der Waals surface area contributed by atoms with Crippen molar-refractivity contribution in [1.29, 1.82) is 0 Å². The SMILES string of the molecule is CCC(CCN)CCc1nc(Cc2ccc(Cl)cc2)no1. The van der Waals surface area contributed by atoms with Crippen LogP contribution in [0.5, 0.6) is 0 Å². The Hall–Kier alpha value is -1.39. The van der Waals surface area contributed by atoms with E-state index in [2.05, 4.69) is 17.1 Å². The number of benzene rings is 1. The van der Waals surface area contributed by atoms with E-state index in [9.17, 15) is 0 Å². The van der Waals surface area contributed by atoms with E-state index in [1.165, 1.54) is 0 Å². The molecule has 1 heterocycles. The molecule has 1 aromatic carbocycles. The summed E-state index contributed by atoms with van der Waals surface area (Å²) >= 11 is 5.87. The van der Waals surface area contributed by atoms with E-state index < -0.39 is 0 Å². The van der Waals surface area contributed by atoms with Gasteiger partial charge in [0.1, 0.15) is 0 Å². The quantitative estimate of drug-likeness (QED) is 0.809. The molecule has 2 aromatic rings. The summed E-state index contributed by atoms with van der Waals surface area (Å²) in [5.41, 5.74) is 6.74. The van der Waals surface area contributed by atoms with Crippen LogP contribution in [-0.4, -0.2) is 16.7 Å². The first-order valence-electron chi connectivity index (χ1n) is 7.47. The second-order valence-electron chi connectivity index (χ2n) is 5.30. The third-order valence-electron chi connectivity index (χ3n) is 3.70. The Morgan fingerprint density at radius 2 is 2.00 bits per heavy atom. The van der Waals surface area contributed by atoms with Crippen molar-refractivity contribution in [3.05, 3.63) is 46.6 Å². The van der Waals surface area contributed by atoms with Crippen LogP contribution in [0.25, 0.3) is 0 Å². The molecule has 114 valence electrons. The molecule has 1 atom stereocenters. The lowest BCUT2D eigenvalue weighted by molar-refractivity contribution is 0.351. The van der Waals surface area contributed by atoms with Crippen LogP contribution in [-0.2, 0) is 12.8 Å². The molecule has 0 fully saturated rings. The molecule has 0 amide bonds. The smallest absolute Gasteiger partial charge is 0.226 e. The van der Waals surface area contributed by atoms with Crippen LogP contribution < -0.4 is 5.73 Å². The summed E-state index contributed by atoms with van der Waals surface area (Å²) in [5.74, 6) is 2.08. The van der Waals surface area contributed by atoms with E-state index in [1.807, 2.05) is 24.3 Å². The van der Waals surface area contributed by atoms with Gasteiger partial charge in [0.2, 0.25) is 5.89 Å². The van der Waals surface area contributed by atoms with Crippen molar-refractivity contribution in [2.24, 2.45) is 11.7 Å². The molecule has 1 aromatic heterocycles. The molecule has 21 heavy (non-hydrogen) atoms. The van der Waals surface area contributed by atoms with Gasteiger partial charge in [-0.05, 0) is 43.0 Å². The van der Waals surface area contributed by atoms with Gasteiger partial charge in [-0.2, -0.15) is 4.98 Å². The Balaban J connectivity index is 1.87. The highest BCUT2D eigenvalue weighted by Crippen LogP contribution is 2.16. The van der Waals surface area contributed by atoms with Crippen molar-refractivity contribution in [2.75, 3.05) is 6.54 Å². The van der Waals surface area contributed by atoms with Crippen LogP contribution in [0.4, 0.5) is 0 Å². The highest BCUT2D eigenvalue weighted by molar-refractivity contribution is 6.30. The van der Waals surface area contributed by atoms with Crippen LogP contribution in [0.1, 0.15) is 43.5 Å². The van der Waals surface area contributed by atoms with Crippen LogP contribution in [0.2, 0.25) is 5.02 Å². The van der Waals surface area contributed by atoms with Gasteiger partial charge in [-0.3, -0.25) is 0 Å². The Kier molecular flexibility index (Phi) is 6.21. The standard InChI is InChI=1S/C16H22ClN3O/c1-2-12(9-10-18)5-8-16-19-15(20-21-16)11-13-3-6-14(17)7-4-13/h3-4,6-7,12H,2,5,8-11,18H2,1H3. The maximum absolute atomic E-state index is 5.87. The molecule has 0 aliphatic rings. The normalized spacial score (nSPS) is 12.5. The predicted octanol–water partition coefficient (Wildman–Crippen LogP) is 3.62. The zero-order valence-corrected chi connectivity index (χ0v) is 13.1. The lowest BCUT2D eigenvalue weighted by atomic mass is 9.97. The molecule has 2 rings (SSSR count). The Labute approximate surface area is 130 Å². The number of nitrogens with two attached hydrogens (primary N) is 1. The average molecular weight is 308 g/mol. The number of hydrogen-bond acceptors (Lipinski definition) is 4. The number of aryl methyl sites for hydroxylation is 1. The number of aromatic nitrogens is 2. The van der Waals surface area contributed by atoms with Gasteiger partial charge in [0.15, 0.2) is 5.82 Å². The fourth-order valence-electron chi connectivity index (χ4n) is 2.36. The van der Waals surface area contributed by atoms with Crippen molar-refractivity contribution in [2.45, 2.75) is 39.0 Å². The Morgan fingerprint density at radius 3 is 2.67 bits per heavy atom. The molecular weight excluding hydrogens is 286 g/mol. The summed E-state index contributed by atoms with van der Waals surface area (Å²) in [6.07, 6.45) is 4.74. The lowest BCUT2D eigenvalue weighted by Gasteiger charge is -2.11. The molecule has 0 aliphatic carbocycles. The average Bonchev–Trinajstić information content (AvgIpc) is 2.93. The van der Waals surface area contributed by atoms with Gasteiger partial charge in [-0.25, -0.2) is 0 Å². The first kappa shape index (κ1) is 16.0. The molecule has 0 aliphatic heterocycles. The maximum atomic E-state index is 5.87. The van der Waals surface area contributed by atoms with Crippen molar-refractivity contribution in [3.8, 4) is 0 Å². The van der Waals surface area contributed by atoms with E-state index in [0.717, 1.165) is 54.5 Å². The summed E-state index contributed by atoms with van der Waals surface area (Å²) in [6, 6.07) is 7.70. The summed E-state index contributed by atoms with van der Waals surface area (Å²) in [7, 11) is 0. The van der Waals surface area contributed by atoms with Crippen LogP contribution in [0.15, 0.2) is 28.8 Å². The third kappa shape index (κ3) is 5.14. The minimum absolute atomic E-state index is 0.640. The van der Waals surface area contributed by atoms with Crippen molar-refractivity contribution < 1.29 is 4.52 Å². The zero-order valence-electron chi connectivity index (χ0n) is 12.4. The first-order valence-corrected chi connectivity index (χ1v) is 7.85. The highest BCUT2D eigenvalue weighted by Gasteiger charge is 2.11. The zero-order chi connectivity index (χ0) is 15.1. The number of halogens is 1. The maximum Gasteiger partial charge on any atom is 0.226 e. The number of nitrogens with zero attached hydrogens (tertiary/aromatic N) is 2. The number of rotatable bonds is 8. The molecule has 0 saturated heterocycles. The summed E-state index contributed by atoms with van der Waals surface area (Å²) < 4.78 is 5.32. The summed E-state index contributed by atoms with van der Waals surface area (Å²) in [6.45, 7) is 2.93. The Morgan fingerprint density at radius 1 is 1.24 bits per heavy atom. The molecule has 0 saturated carbocycles. The molecule has 2 N–H and O–H groups in total. The van der Waals surface area contributed by atoms with Crippen LogP contribution >= 0.6 is 11.6 Å². The molecular formula is C16H22ClN3O. The first-order chi connectivity index (χ1) is 10.2. The van der Waals surface area contributed by atoms with Crippen molar-refractivity contribution >= 4 is 11.6 Å². The molecule has 4 nitrogen and oxygen atoms in total. The van der Waals surface area contributed by atoms with Crippen LogP contribution in [0, 0.1) is 5.92 Å². The minimum atomic E-state index is 0.640. The fourth-order valence-corrected chi connectivity index (χ4v) is 2.49. The number of hydrogen-bond donors (Lipinski definition) is 1. The summed E-state index contributed by atoms with van der Waals surface area (Å²) in [4.78, 5) is 4.45. The van der Waals surface area contributed by atoms with Gasteiger partial charge < -0.3 is 10.3 Å². The van der Waals surface area contributed by atoms with Gasteiger partial charge in [0, 0.05) is 17.9 Å². The lowest BCUT2D eigenvalue weighted by Crippen LogP contribution is -2.09. The highest BCUT2D eigenvalue weighted by atomic mass is 35.5. The van der Waals surface area contributed by atoms with Gasteiger partial charge in [0.05, 0.1) is 0 Å². The van der Waals surface area contributed by atoms with E-state index >= 15 is 0 Å². The third-order valence-corrected chi connectivity index (χ3v) is 3.96. The van der Waals surface area contributed by atoms with Gasteiger partial charge >= 0.3 is 0 Å². The van der Waals surface area contributed by atoms with Crippen molar-refractivity contribution in [3.63, 3.8) is 0 Å². The van der Waals surface area contributed by atoms with E-state index in [0.29, 0.717) is 12.3 Å². The Bertz CT molecular complexity index is 539. The van der Waals surface area contributed by atoms with Crippen molar-refractivity contribution in [1.82, 2.24) is 10.1 Å². The minimum Gasteiger partial charge on any atom is -0.339 e. The molecule has 0 bridgehead atoms. The molecule has 5 heteroatoms. The van der Waals surface area contributed by atoms with Gasteiger partial charge in [-0.15, -0.1) is 0 Å².